The van der Waals surface area contributed by atoms with Gasteiger partial charge in [0.2, 0.25) is 0 Å². The summed E-state index contributed by atoms with van der Waals surface area (Å²) >= 11 is 0. The molecular weight excluding hydrogens is 392 g/mol. The van der Waals surface area contributed by atoms with Gasteiger partial charge in [0.1, 0.15) is 5.82 Å². The lowest BCUT2D eigenvalue weighted by Crippen LogP contribution is -2.25. The summed E-state index contributed by atoms with van der Waals surface area (Å²) in [6.07, 6.45) is 2.41. The Morgan fingerprint density at radius 2 is 1.53 bits per heavy atom. The van der Waals surface area contributed by atoms with Crippen molar-refractivity contribution in [2.24, 2.45) is 0 Å². The Bertz CT molecular complexity index is 1160. The zero-order chi connectivity index (χ0) is 22.5. The second-order valence-electron chi connectivity index (χ2n) is 8.71. The first-order valence-corrected chi connectivity index (χ1v) is 12.0. The van der Waals surface area contributed by atoms with Crippen molar-refractivity contribution in [3.63, 3.8) is 0 Å². The van der Waals surface area contributed by atoms with E-state index < -0.39 is 0 Å². The van der Waals surface area contributed by atoms with Gasteiger partial charge in [-0.1, -0.05) is 62.4 Å². The number of hydrogen-bond acceptors (Lipinski definition) is 3. The average molecular weight is 429 g/mol. The Balaban J connectivity index is 1.63. The number of fused-ring (bicyclic) bond motifs is 3. The number of para-hydroxylation sites is 1. The number of nitrogens with zero attached hydrogens (tertiary/aromatic N) is 4. The van der Waals surface area contributed by atoms with Crippen molar-refractivity contribution in [1.82, 2.24) is 14.5 Å². The van der Waals surface area contributed by atoms with Crippen molar-refractivity contribution < 1.29 is 0 Å². The van der Waals surface area contributed by atoms with Crippen LogP contribution in [0, 0.1) is 6.92 Å². The van der Waals surface area contributed by atoms with Gasteiger partial charge in [-0.15, -0.1) is 0 Å². The number of hydrogen-bond donors (Lipinski definition) is 0. The van der Waals surface area contributed by atoms with Crippen molar-refractivity contribution >= 4 is 27.6 Å². The molecule has 0 N–H and O–H groups in total. The van der Waals surface area contributed by atoms with Crippen molar-refractivity contribution in [3.8, 4) is 0 Å². The Kier molecular flexibility index (Phi) is 7.11. The van der Waals surface area contributed by atoms with Crippen LogP contribution in [0.15, 0.2) is 60.7 Å². The largest absolute Gasteiger partial charge is 0.360 e. The van der Waals surface area contributed by atoms with E-state index in [0.29, 0.717) is 0 Å². The van der Waals surface area contributed by atoms with Gasteiger partial charge in [0, 0.05) is 36.4 Å². The normalized spacial score (nSPS) is 11.7. The molecule has 4 aromatic rings. The van der Waals surface area contributed by atoms with Crippen LogP contribution >= 0.6 is 0 Å². The van der Waals surface area contributed by atoms with E-state index in [9.17, 15) is 0 Å². The van der Waals surface area contributed by atoms with Crippen LogP contribution in [0.4, 0.5) is 5.82 Å². The SMILES string of the molecule is CCN(CC)CCCCN(C)c1cc2c3ccccc3n(Cc3ccccc3)c2c(C)n1. The summed E-state index contributed by atoms with van der Waals surface area (Å²) < 4.78 is 2.43. The summed E-state index contributed by atoms with van der Waals surface area (Å²) in [5.41, 5.74) is 4.92. The second-order valence-corrected chi connectivity index (χ2v) is 8.71. The number of unbranched alkanes of at least 4 members (excludes halogenated alkanes) is 1. The van der Waals surface area contributed by atoms with Crippen molar-refractivity contribution in [3.05, 3.63) is 71.9 Å². The molecule has 0 unspecified atom stereocenters. The molecule has 0 fully saturated rings. The molecule has 0 amide bonds. The van der Waals surface area contributed by atoms with Gasteiger partial charge in [0.25, 0.3) is 0 Å². The minimum Gasteiger partial charge on any atom is -0.360 e. The number of rotatable bonds is 10. The zero-order valence-electron chi connectivity index (χ0n) is 20.0. The summed E-state index contributed by atoms with van der Waals surface area (Å²) in [6.45, 7) is 12.0. The highest BCUT2D eigenvalue weighted by molar-refractivity contribution is 6.09. The first-order chi connectivity index (χ1) is 15.6. The van der Waals surface area contributed by atoms with E-state index in [4.69, 9.17) is 4.98 Å². The second kappa shape index (κ2) is 10.2. The zero-order valence-corrected chi connectivity index (χ0v) is 20.0. The quantitative estimate of drug-likeness (QED) is 0.285. The van der Waals surface area contributed by atoms with Gasteiger partial charge in [-0.3, -0.25) is 0 Å². The Morgan fingerprint density at radius 3 is 2.28 bits per heavy atom. The molecule has 2 heterocycles. The Morgan fingerprint density at radius 1 is 0.844 bits per heavy atom. The molecule has 0 atom stereocenters. The number of aryl methyl sites for hydroxylation is 1. The first-order valence-electron chi connectivity index (χ1n) is 12.0. The molecule has 2 aromatic heterocycles. The lowest BCUT2D eigenvalue weighted by molar-refractivity contribution is 0.297. The van der Waals surface area contributed by atoms with E-state index in [-0.39, 0.29) is 0 Å². The molecule has 4 heteroatoms. The summed E-state index contributed by atoms with van der Waals surface area (Å²) in [7, 11) is 2.17. The summed E-state index contributed by atoms with van der Waals surface area (Å²) in [5, 5.41) is 2.61. The molecule has 168 valence electrons. The molecule has 32 heavy (non-hydrogen) atoms. The Labute approximate surface area is 192 Å². The maximum Gasteiger partial charge on any atom is 0.129 e. The summed E-state index contributed by atoms with van der Waals surface area (Å²) in [5.74, 6) is 1.07. The Hall–Kier alpha value is -2.85. The molecule has 2 aromatic carbocycles. The van der Waals surface area contributed by atoms with Gasteiger partial charge in [0.15, 0.2) is 0 Å². The van der Waals surface area contributed by atoms with E-state index in [1.165, 1.54) is 46.8 Å². The van der Waals surface area contributed by atoms with Crippen LogP contribution in [0.25, 0.3) is 21.8 Å². The molecule has 0 saturated carbocycles. The highest BCUT2D eigenvalue weighted by Gasteiger charge is 2.16. The number of benzene rings is 2. The third-order valence-corrected chi connectivity index (χ3v) is 6.60. The first kappa shape index (κ1) is 22.3. The summed E-state index contributed by atoms with van der Waals surface area (Å²) in [6, 6.07) is 21.7. The van der Waals surface area contributed by atoms with Crippen LogP contribution in [-0.4, -0.2) is 47.7 Å². The van der Waals surface area contributed by atoms with Gasteiger partial charge in [-0.05, 0) is 57.1 Å². The lowest BCUT2D eigenvalue weighted by atomic mass is 10.1. The number of anilines is 1. The van der Waals surface area contributed by atoms with E-state index in [1.807, 2.05) is 0 Å². The molecule has 0 aliphatic heterocycles. The minimum absolute atomic E-state index is 0.855. The van der Waals surface area contributed by atoms with Crippen molar-refractivity contribution in [2.75, 3.05) is 38.1 Å². The number of pyridine rings is 1. The average Bonchev–Trinajstić information content (AvgIpc) is 3.14. The number of aromatic nitrogens is 2. The monoisotopic (exact) mass is 428 g/mol. The molecule has 4 rings (SSSR count). The van der Waals surface area contributed by atoms with E-state index in [1.54, 1.807) is 0 Å². The lowest BCUT2D eigenvalue weighted by Gasteiger charge is -2.21. The highest BCUT2D eigenvalue weighted by atomic mass is 15.2. The fraction of sp³-hybridized carbons (Fsp3) is 0.393. The van der Waals surface area contributed by atoms with E-state index >= 15 is 0 Å². The molecule has 0 spiro atoms. The van der Waals surface area contributed by atoms with Crippen LogP contribution < -0.4 is 4.90 Å². The minimum atomic E-state index is 0.855. The van der Waals surface area contributed by atoms with E-state index in [2.05, 4.69) is 103 Å². The van der Waals surface area contributed by atoms with Gasteiger partial charge in [0.05, 0.1) is 11.2 Å². The van der Waals surface area contributed by atoms with Crippen LogP contribution in [0.5, 0.6) is 0 Å². The van der Waals surface area contributed by atoms with Gasteiger partial charge in [-0.2, -0.15) is 0 Å². The predicted molar refractivity (Wildman–Crippen MR) is 138 cm³/mol. The van der Waals surface area contributed by atoms with Crippen LogP contribution in [0.2, 0.25) is 0 Å². The molecule has 0 radical (unpaired) electrons. The molecule has 4 nitrogen and oxygen atoms in total. The van der Waals surface area contributed by atoms with Gasteiger partial charge < -0.3 is 14.4 Å². The van der Waals surface area contributed by atoms with Crippen molar-refractivity contribution in [1.29, 1.82) is 0 Å². The predicted octanol–water partition coefficient (Wildman–Crippen LogP) is 6.10. The molecule has 0 aliphatic carbocycles. The standard InChI is InChI=1S/C28H36N4/c1-5-31(6-2)19-13-12-18-30(4)27-20-25-24-16-10-11-17-26(24)32(28(25)22(3)29-27)21-23-14-8-7-9-15-23/h7-11,14-17,20H,5-6,12-13,18-19,21H2,1-4H3. The fourth-order valence-corrected chi connectivity index (χ4v) is 4.72. The molecule has 0 aliphatic rings. The third-order valence-electron chi connectivity index (χ3n) is 6.60. The van der Waals surface area contributed by atoms with Crippen LogP contribution in [0.1, 0.15) is 37.9 Å². The highest BCUT2D eigenvalue weighted by Crippen LogP contribution is 2.33. The fourth-order valence-electron chi connectivity index (χ4n) is 4.72. The van der Waals surface area contributed by atoms with Gasteiger partial charge >= 0.3 is 0 Å². The molecule has 0 saturated heterocycles. The molecular formula is C28H36N4. The van der Waals surface area contributed by atoms with E-state index in [0.717, 1.165) is 37.7 Å². The van der Waals surface area contributed by atoms with Crippen LogP contribution in [-0.2, 0) is 6.54 Å². The maximum atomic E-state index is 5.04. The topological polar surface area (TPSA) is 24.3 Å². The van der Waals surface area contributed by atoms with Crippen molar-refractivity contribution in [2.45, 2.75) is 40.2 Å². The smallest absolute Gasteiger partial charge is 0.129 e. The maximum absolute atomic E-state index is 5.04. The summed E-state index contributed by atoms with van der Waals surface area (Å²) in [4.78, 5) is 9.85. The van der Waals surface area contributed by atoms with Crippen LogP contribution in [0.3, 0.4) is 0 Å². The third kappa shape index (κ3) is 4.66. The van der Waals surface area contributed by atoms with Gasteiger partial charge in [-0.25, -0.2) is 4.98 Å². The molecule has 0 bridgehead atoms.